The van der Waals surface area contributed by atoms with Gasteiger partial charge >= 0.3 is 0 Å². The number of nitrogens with one attached hydrogen (secondary N) is 2. The molecule has 1 aliphatic carbocycles. The molecular formula is C13H17N3O3S. The molecule has 7 heteroatoms. The molecule has 0 amide bonds. The summed E-state index contributed by atoms with van der Waals surface area (Å²) in [5, 5.41) is 9.99. The molecule has 0 atom stereocenters. The van der Waals surface area contributed by atoms with Crippen LogP contribution in [0.2, 0.25) is 0 Å². The molecule has 1 fully saturated rings. The third-order valence-electron chi connectivity index (χ3n) is 3.92. The fourth-order valence-corrected chi connectivity index (χ4v) is 4.21. The Morgan fingerprint density at radius 2 is 2.15 bits per heavy atom. The Morgan fingerprint density at radius 3 is 2.75 bits per heavy atom. The largest absolute Gasteiger partial charge is 0.399 e. The van der Waals surface area contributed by atoms with E-state index in [1.165, 1.54) is 6.20 Å². The predicted octanol–water partition coefficient (Wildman–Crippen LogP) is 0.943. The average molecular weight is 295 g/mol. The Balaban J connectivity index is 2.01. The first-order valence-electron chi connectivity index (χ1n) is 6.47. The van der Waals surface area contributed by atoms with Crippen LogP contribution in [0, 0.1) is 0 Å². The monoisotopic (exact) mass is 295 g/mol. The number of hydrogen-bond acceptors (Lipinski definition) is 4. The van der Waals surface area contributed by atoms with Gasteiger partial charge in [-0.1, -0.05) is 0 Å². The number of aliphatic hydroxyl groups is 1. The highest BCUT2D eigenvalue weighted by molar-refractivity contribution is 7.89. The van der Waals surface area contributed by atoms with Gasteiger partial charge in [0.05, 0.1) is 12.1 Å². The number of sulfonamides is 1. The zero-order valence-electron chi connectivity index (χ0n) is 10.9. The minimum absolute atomic E-state index is 0.179. The van der Waals surface area contributed by atoms with Crippen LogP contribution < -0.4 is 10.5 Å². The minimum Gasteiger partial charge on any atom is -0.399 e. The highest BCUT2D eigenvalue weighted by atomic mass is 32.2. The standard InChI is InChI=1S/C13H17N3O3S/c14-9-2-3-10-11(6-9)15-7-12(10)20(18,19)16-13(8-17)4-1-5-13/h2-3,6-7,15-17H,1,4-5,8,14H2. The minimum atomic E-state index is -3.67. The van der Waals surface area contributed by atoms with Gasteiger partial charge < -0.3 is 15.8 Å². The van der Waals surface area contributed by atoms with Gasteiger partial charge in [-0.25, -0.2) is 13.1 Å². The fraction of sp³-hybridized carbons (Fsp3) is 0.385. The van der Waals surface area contributed by atoms with Crippen LogP contribution in [0.25, 0.3) is 10.9 Å². The number of hydrogen-bond donors (Lipinski definition) is 4. The summed E-state index contributed by atoms with van der Waals surface area (Å²) < 4.78 is 27.6. The number of benzene rings is 1. The summed E-state index contributed by atoms with van der Waals surface area (Å²) in [6.45, 7) is -0.179. The number of aromatic nitrogens is 1. The normalized spacial score (nSPS) is 18.1. The molecule has 1 aromatic heterocycles. The topological polar surface area (TPSA) is 108 Å². The lowest BCUT2D eigenvalue weighted by Gasteiger charge is -2.40. The number of nitrogen functional groups attached to an aromatic ring is 1. The Kier molecular flexibility index (Phi) is 3.00. The van der Waals surface area contributed by atoms with Crippen molar-refractivity contribution in [3.63, 3.8) is 0 Å². The van der Waals surface area contributed by atoms with Crippen LogP contribution in [0.3, 0.4) is 0 Å². The van der Waals surface area contributed by atoms with Crippen molar-refractivity contribution in [1.29, 1.82) is 0 Å². The van der Waals surface area contributed by atoms with Crippen molar-refractivity contribution in [2.24, 2.45) is 0 Å². The molecule has 1 aliphatic rings. The molecule has 5 N–H and O–H groups in total. The summed E-state index contributed by atoms with van der Waals surface area (Å²) in [6, 6.07) is 5.04. The first-order valence-corrected chi connectivity index (χ1v) is 7.96. The lowest BCUT2D eigenvalue weighted by molar-refractivity contribution is 0.111. The summed E-state index contributed by atoms with van der Waals surface area (Å²) in [7, 11) is -3.67. The molecule has 0 radical (unpaired) electrons. The zero-order valence-corrected chi connectivity index (χ0v) is 11.7. The second-order valence-corrected chi connectivity index (χ2v) is 7.01. The van der Waals surface area contributed by atoms with Crippen molar-refractivity contribution >= 4 is 26.6 Å². The van der Waals surface area contributed by atoms with Gasteiger partial charge in [-0.3, -0.25) is 0 Å². The van der Waals surface area contributed by atoms with E-state index in [1.807, 2.05) is 0 Å². The summed E-state index contributed by atoms with van der Waals surface area (Å²) in [6.07, 6.45) is 3.71. The molecule has 20 heavy (non-hydrogen) atoms. The Hall–Kier alpha value is -1.57. The van der Waals surface area contributed by atoms with E-state index in [4.69, 9.17) is 5.73 Å². The maximum atomic E-state index is 12.5. The van der Waals surface area contributed by atoms with E-state index in [0.29, 0.717) is 29.4 Å². The Labute approximate surface area is 117 Å². The number of anilines is 1. The lowest BCUT2D eigenvalue weighted by Crippen LogP contribution is -2.55. The summed E-state index contributed by atoms with van der Waals surface area (Å²) in [5.74, 6) is 0. The predicted molar refractivity (Wildman–Crippen MR) is 76.7 cm³/mol. The van der Waals surface area contributed by atoms with Crippen molar-refractivity contribution in [1.82, 2.24) is 9.71 Å². The smallest absolute Gasteiger partial charge is 0.243 e. The van der Waals surface area contributed by atoms with Crippen molar-refractivity contribution in [2.45, 2.75) is 29.7 Å². The second-order valence-electron chi connectivity index (χ2n) is 5.36. The molecule has 3 rings (SSSR count). The molecule has 1 aromatic carbocycles. The zero-order chi connectivity index (χ0) is 14.4. The Morgan fingerprint density at radius 1 is 1.40 bits per heavy atom. The van der Waals surface area contributed by atoms with E-state index in [1.54, 1.807) is 18.2 Å². The van der Waals surface area contributed by atoms with Crippen molar-refractivity contribution in [2.75, 3.05) is 12.3 Å². The molecular weight excluding hydrogens is 278 g/mol. The highest BCUT2D eigenvalue weighted by Gasteiger charge is 2.40. The summed E-state index contributed by atoms with van der Waals surface area (Å²) >= 11 is 0. The van der Waals surface area contributed by atoms with Crippen LogP contribution in [0.1, 0.15) is 19.3 Å². The van der Waals surface area contributed by atoms with Gasteiger partial charge in [0.15, 0.2) is 0 Å². The van der Waals surface area contributed by atoms with Gasteiger partial charge in [0, 0.05) is 22.8 Å². The molecule has 0 unspecified atom stereocenters. The van der Waals surface area contributed by atoms with E-state index in [-0.39, 0.29) is 11.5 Å². The Bertz CT molecular complexity index is 742. The first-order chi connectivity index (χ1) is 9.46. The number of nitrogens with two attached hydrogens (primary N) is 1. The highest BCUT2D eigenvalue weighted by Crippen LogP contribution is 2.34. The number of fused-ring (bicyclic) bond motifs is 1. The van der Waals surface area contributed by atoms with Gasteiger partial charge in [0.1, 0.15) is 4.90 Å². The van der Waals surface area contributed by atoms with Crippen LogP contribution in [0.15, 0.2) is 29.3 Å². The maximum Gasteiger partial charge on any atom is 0.243 e. The van der Waals surface area contributed by atoms with Gasteiger partial charge in [-0.05, 0) is 37.5 Å². The molecule has 0 saturated heterocycles. The number of aromatic amines is 1. The lowest BCUT2D eigenvalue weighted by atomic mass is 9.78. The molecule has 1 saturated carbocycles. The first kappa shape index (κ1) is 13.4. The van der Waals surface area contributed by atoms with E-state index < -0.39 is 15.6 Å². The van der Waals surface area contributed by atoms with Crippen LogP contribution in [0.5, 0.6) is 0 Å². The molecule has 0 bridgehead atoms. The number of rotatable bonds is 4. The quantitative estimate of drug-likeness (QED) is 0.629. The van der Waals surface area contributed by atoms with Crippen molar-refractivity contribution < 1.29 is 13.5 Å². The second kappa shape index (κ2) is 4.47. The fourth-order valence-electron chi connectivity index (χ4n) is 2.58. The SMILES string of the molecule is Nc1ccc2c(S(=O)(=O)NC3(CO)CCC3)c[nH]c2c1. The molecule has 6 nitrogen and oxygen atoms in total. The van der Waals surface area contributed by atoms with Crippen molar-refractivity contribution in [3.05, 3.63) is 24.4 Å². The average Bonchev–Trinajstić information content (AvgIpc) is 2.77. The van der Waals surface area contributed by atoms with E-state index >= 15 is 0 Å². The van der Waals surface area contributed by atoms with E-state index in [2.05, 4.69) is 9.71 Å². The third-order valence-corrected chi connectivity index (χ3v) is 5.54. The maximum absolute atomic E-state index is 12.5. The molecule has 1 heterocycles. The number of H-pyrrole nitrogens is 1. The van der Waals surface area contributed by atoms with E-state index in [0.717, 1.165) is 6.42 Å². The van der Waals surface area contributed by atoms with Crippen LogP contribution in [-0.4, -0.2) is 30.7 Å². The van der Waals surface area contributed by atoms with Gasteiger partial charge in [0.25, 0.3) is 0 Å². The molecule has 108 valence electrons. The van der Waals surface area contributed by atoms with Gasteiger partial charge in [-0.15, -0.1) is 0 Å². The summed E-state index contributed by atoms with van der Waals surface area (Å²) in [5.41, 5.74) is 6.23. The van der Waals surface area contributed by atoms with Crippen LogP contribution >= 0.6 is 0 Å². The van der Waals surface area contributed by atoms with Crippen LogP contribution in [0.4, 0.5) is 5.69 Å². The van der Waals surface area contributed by atoms with E-state index in [9.17, 15) is 13.5 Å². The van der Waals surface area contributed by atoms with Crippen LogP contribution in [-0.2, 0) is 10.0 Å². The van der Waals surface area contributed by atoms with Gasteiger partial charge in [-0.2, -0.15) is 0 Å². The van der Waals surface area contributed by atoms with Crippen molar-refractivity contribution in [3.8, 4) is 0 Å². The number of aliphatic hydroxyl groups excluding tert-OH is 1. The van der Waals surface area contributed by atoms with Gasteiger partial charge in [0.2, 0.25) is 10.0 Å². The third kappa shape index (κ3) is 2.07. The molecule has 0 aliphatic heterocycles. The molecule has 0 spiro atoms. The molecule has 2 aromatic rings. The summed E-state index contributed by atoms with van der Waals surface area (Å²) in [4.78, 5) is 3.10.